The third-order valence-corrected chi connectivity index (χ3v) is 3.30. The van der Waals surface area contributed by atoms with E-state index in [0.717, 1.165) is 18.1 Å². The highest BCUT2D eigenvalue weighted by Gasteiger charge is 2.14. The third-order valence-electron chi connectivity index (χ3n) is 2.38. The molecule has 0 unspecified atom stereocenters. The number of nitrogens with zero attached hydrogens (tertiary/aromatic N) is 3. The number of carbonyl (C=O) groups is 1. The van der Waals surface area contributed by atoms with Gasteiger partial charge >= 0.3 is 0 Å². The van der Waals surface area contributed by atoms with E-state index in [1.807, 2.05) is 25.8 Å². The number of amides is 1. The Kier molecular flexibility index (Phi) is 4.54. The average Bonchev–Trinajstić information content (AvgIpc) is 2.66. The van der Waals surface area contributed by atoms with Crippen LogP contribution in [0.25, 0.3) is 0 Å². The first-order chi connectivity index (χ1) is 7.58. The van der Waals surface area contributed by atoms with E-state index < -0.39 is 0 Å². The molecule has 1 amide bonds. The summed E-state index contributed by atoms with van der Waals surface area (Å²) in [5, 5.41) is 0.915. The van der Waals surface area contributed by atoms with Gasteiger partial charge in [-0.3, -0.25) is 4.79 Å². The van der Waals surface area contributed by atoms with Crippen molar-refractivity contribution in [3.63, 3.8) is 0 Å². The van der Waals surface area contributed by atoms with Gasteiger partial charge in [-0.15, -0.1) is 0 Å². The summed E-state index contributed by atoms with van der Waals surface area (Å²) in [7, 11) is 1.87. The molecule has 0 saturated heterocycles. The van der Waals surface area contributed by atoms with Gasteiger partial charge in [0.25, 0.3) is 0 Å². The molecular weight excluding hydrogens is 224 g/mol. The Morgan fingerprint density at radius 2 is 2.12 bits per heavy atom. The van der Waals surface area contributed by atoms with E-state index in [-0.39, 0.29) is 5.91 Å². The molecule has 0 radical (unpaired) electrons. The number of anilines is 2. The average molecular weight is 242 g/mol. The van der Waals surface area contributed by atoms with Gasteiger partial charge in [-0.25, -0.2) is 0 Å². The summed E-state index contributed by atoms with van der Waals surface area (Å²) >= 11 is 1.31. The molecule has 1 rings (SSSR count). The first kappa shape index (κ1) is 12.8. The molecule has 5 nitrogen and oxygen atoms in total. The van der Waals surface area contributed by atoms with Crippen LogP contribution in [0, 0.1) is 0 Å². The number of nitrogen functional groups attached to an aromatic ring is 1. The summed E-state index contributed by atoms with van der Waals surface area (Å²) in [6.07, 6.45) is 0. The van der Waals surface area contributed by atoms with Crippen molar-refractivity contribution in [2.24, 2.45) is 0 Å². The van der Waals surface area contributed by atoms with Crippen molar-refractivity contribution >= 4 is 28.3 Å². The molecule has 0 bridgehead atoms. The van der Waals surface area contributed by atoms with Crippen molar-refractivity contribution in [2.45, 2.75) is 13.8 Å². The van der Waals surface area contributed by atoms with Gasteiger partial charge in [0.15, 0.2) is 0 Å². The largest absolute Gasteiger partial charge is 0.383 e. The van der Waals surface area contributed by atoms with E-state index in [1.165, 1.54) is 11.5 Å². The van der Waals surface area contributed by atoms with Crippen LogP contribution in [0.15, 0.2) is 6.07 Å². The van der Waals surface area contributed by atoms with E-state index in [9.17, 15) is 4.79 Å². The maximum absolute atomic E-state index is 11.8. The Morgan fingerprint density at radius 3 is 2.56 bits per heavy atom. The molecule has 0 aliphatic carbocycles. The Labute approximate surface area is 100 Å². The fourth-order valence-electron chi connectivity index (χ4n) is 1.42. The second-order valence-electron chi connectivity index (χ2n) is 3.51. The molecule has 0 atom stereocenters. The number of rotatable bonds is 5. The van der Waals surface area contributed by atoms with E-state index >= 15 is 0 Å². The van der Waals surface area contributed by atoms with Crippen LogP contribution >= 0.6 is 11.5 Å². The van der Waals surface area contributed by atoms with Gasteiger partial charge in [-0.05, 0) is 25.4 Å². The highest BCUT2D eigenvalue weighted by Crippen LogP contribution is 2.21. The van der Waals surface area contributed by atoms with Crippen LogP contribution in [-0.2, 0) is 4.79 Å². The second-order valence-corrected chi connectivity index (χ2v) is 4.30. The number of nitrogens with two attached hydrogens (primary N) is 1. The molecule has 0 spiro atoms. The van der Waals surface area contributed by atoms with Crippen molar-refractivity contribution in [3.8, 4) is 0 Å². The van der Waals surface area contributed by atoms with Gasteiger partial charge in [-0.2, -0.15) is 4.37 Å². The zero-order valence-corrected chi connectivity index (χ0v) is 10.8. The lowest BCUT2D eigenvalue weighted by molar-refractivity contribution is -0.129. The Bertz CT molecular complexity index is 348. The molecule has 90 valence electrons. The molecule has 0 aromatic carbocycles. The summed E-state index contributed by atoms with van der Waals surface area (Å²) in [5.74, 6) is 0.626. The molecule has 2 N–H and O–H groups in total. The maximum atomic E-state index is 11.8. The summed E-state index contributed by atoms with van der Waals surface area (Å²) < 4.78 is 3.98. The van der Waals surface area contributed by atoms with Crippen LogP contribution in [0.3, 0.4) is 0 Å². The number of hydrogen-bond donors (Lipinski definition) is 1. The predicted molar refractivity (Wildman–Crippen MR) is 67.7 cm³/mol. The van der Waals surface area contributed by atoms with E-state index in [1.54, 1.807) is 11.0 Å². The second kappa shape index (κ2) is 5.69. The van der Waals surface area contributed by atoms with E-state index in [0.29, 0.717) is 12.4 Å². The van der Waals surface area contributed by atoms with Gasteiger partial charge in [0.05, 0.1) is 6.54 Å². The van der Waals surface area contributed by atoms with Crippen LogP contribution in [0.1, 0.15) is 13.8 Å². The predicted octanol–water partition coefficient (Wildman–Crippen LogP) is 1.03. The molecule has 0 saturated carbocycles. The van der Waals surface area contributed by atoms with Gasteiger partial charge in [0.1, 0.15) is 10.8 Å². The number of carbonyl (C=O) groups excluding carboxylic acids is 1. The van der Waals surface area contributed by atoms with Crippen LogP contribution < -0.4 is 10.6 Å². The zero-order chi connectivity index (χ0) is 12.1. The van der Waals surface area contributed by atoms with Gasteiger partial charge in [-0.1, -0.05) is 0 Å². The highest BCUT2D eigenvalue weighted by atomic mass is 32.1. The Balaban J connectivity index is 2.57. The molecule has 1 aromatic rings. The fraction of sp³-hybridized carbons (Fsp3) is 0.600. The van der Waals surface area contributed by atoms with Crippen molar-refractivity contribution < 1.29 is 4.79 Å². The summed E-state index contributed by atoms with van der Waals surface area (Å²) in [6, 6.07) is 1.78. The number of aromatic nitrogens is 1. The summed E-state index contributed by atoms with van der Waals surface area (Å²) in [4.78, 5) is 15.5. The Hall–Kier alpha value is -1.30. The highest BCUT2D eigenvalue weighted by molar-refractivity contribution is 7.10. The van der Waals surface area contributed by atoms with Crippen molar-refractivity contribution in [3.05, 3.63) is 6.07 Å². The van der Waals surface area contributed by atoms with Crippen molar-refractivity contribution in [1.82, 2.24) is 9.27 Å². The zero-order valence-electron chi connectivity index (χ0n) is 9.93. The standard InChI is InChI=1S/C10H18N4OS/c1-4-14(5-2)9(15)7-13(3)10-6-8(11)12-16-10/h6H,4-5,7H2,1-3H3,(H2,11,12). The minimum atomic E-state index is 0.125. The fourth-order valence-corrected chi connectivity index (χ4v) is 2.04. The smallest absolute Gasteiger partial charge is 0.242 e. The van der Waals surface area contributed by atoms with E-state index in [4.69, 9.17) is 5.73 Å². The number of likely N-dealkylation sites (N-methyl/N-ethyl adjacent to an activating group) is 2. The molecule has 0 fully saturated rings. The summed E-state index contributed by atoms with van der Waals surface area (Å²) in [5.41, 5.74) is 5.54. The normalized spacial score (nSPS) is 10.2. The van der Waals surface area contributed by atoms with Crippen LogP contribution in [0.4, 0.5) is 10.8 Å². The SMILES string of the molecule is CCN(CC)C(=O)CN(C)c1cc(N)ns1. The lowest BCUT2D eigenvalue weighted by Gasteiger charge is -2.22. The van der Waals surface area contributed by atoms with Gasteiger partial charge in [0, 0.05) is 26.2 Å². The first-order valence-corrected chi connectivity index (χ1v) is 6.06. The van der Waals surface area contributed by atoms with Crippen molar-refractivity contribution in [1.29, 1.82) is 0 Å². The van der Waals surface area contributed by atoms with E-state index in [2.05, 4.69) is 4.37 Å². The minimum Gasteiger partial charge on any atom is -0.383 e. The maximum Gasteiger partial charge on any atom is 0.242 e. The van der Waals surface area contributed by atoms with Gasteiger partial charge in [0.2, 0.25) is 5.91 Å². The minimum absolute atomic E-state index is 0.125. The molecule has 0 aliphatic heterocycles. The van der Waals surface area contributed by atoms with Crippen molar-refractivity contribution in [2.75, 3.05) is 37.3 Å². The molecular formula is C10H18N4OS. The number of hydrogen-bond acceptors (Lipinski definition) is 5. The summed E-state index contributed by atoms with van der Waals surface area (Å²) in [6.45, 7) is 5.81. The quantitative estimate of drug-likeness (QED) is 0.837. The lowest BCUT2D eigenvalue weighted by atomic mass is 10.4. The molecule has 1 aromatic heterocycles. The molecule has 0 aliphatic rings. The van der Waals surface area contributed by atoms with Crippen LogP contribution in [-0.4, -0.2) is 41.9 Å². The topological polar surface area (TPSA) is 62.5 Å². The lowest BCUT2D eigenvalue weighted by Crippen LogP contribution is -2.38. The monoisotopic (exact) mass is 242 g/mol. The van der Waals surface area contributed by atoms with Crippen LogP contribution in [0.2, 0.25) is 0 Å². The van der Waals surface area contributed by atoms with Gasteiger partial charge < -0.3 is 15.5 Å². The first-order valence-electron chi connectivity index (χ1n) is 5.29. The van der Waals surface area contributed by atoms with Crippen LogP contribution in [0.5, 0.6) is 0 Å². The molecule has 6 heteroatoms. The Morgan fingerprint density at radius 1 is 1.50 bits per heavy atom. The molecule has 16 heavy (non-hydrogen) atoms. The molecule has 1 heterocycles. The third kappa shape index (κ3) is 3.10.